The predicted molar refractivity (Wildman–Crippen MR) is 95.9 cm³/mol. The number of hydrogen-bond acceptors (Lipinski definition) is 3. The first-order chi connectivity index (χ1) is 11.6. The molecule has 1 amide bonds. The molecule has 1 spiro atoms. The number of carbonyl (C=O) groups is 1. The molecule has 2 heterocycles. The minimum atomic E-state index is 0.0836. The molecule has 1 aromatic rings. The summed E-state index contributed by atoms with van der Waals surface area (Å²) in [6, 6.07) is 8.36. The molecule has 2 aliphatic heterocycles. The van der Waals surface area contributed by atoms with Crippen LogP contribution >= 0.6 is 0 Å². The van der Waals surface area contributed by atoms with Crippen LogP contribution in [0, 0.1) is 5.41 Å². The van der Waals surface area contributed by atoms with Crippen LogP contribution in [0.4, 0.5) is 0 Å². The van der Waals surface area contributed by atoms with E-state index in [9.17, 15) is 4.79 Å². The molecule has 2 fully saturated rings. The minimum Gasteiger partial charge on any atom is -0.497 e. The van der Waals surface area contributed by atoms with Crippen LogP contribution in [0.3, 0.4) is 0 Å². The summed E-state index contributed by atoms with van der Waals surface area (Å²) in [6.45, 7) is 8.66. The summed E-state index contributed by atoms with van der Waals surface area (Å²) in [5.41, 5.74) is 1.76. The van der Waals surface area contributed by atoms with Gasteiger partial charge in [-0.3, -0.25) is 9.69 Å². The van der Waals surface area contributed by atoms with Gasteiger partial charge in [-0.15, -0.1) is 0 Å². The fourth-order valence-electron chi connectivity index (χ4n) is 4.05. The normalized spacial score (nSPS) is 20.8. The van der Waals surface area contributed by atoms with Crippen molar-refractivity contribution >= 4 is 5.91 Å². The maximum Gasteiger partial charge on any atom is 0.245 e. The van der Waals surface area contributed by atoms with Crippen LogP contribution in [-0.4, -0.2) is 49.0 Å². The van der Waals surface area contributed by atoms with E-state index < -0.39 is 0 Å². The van der Waals surface area contributed by atoms with Crippen molar-refractivity contribution in [3.05, 3.63) is 42.5 Å². The molecule has 0 unspecified atom stereocenters. The van der Waals surface area contributed by atoms with Gasteiger partial charge in [0.05, 0.1) is 7.11 Å². The van der Waals surface area contributed by atoms with Gasteiger partial charge in [0.2, 0.25) is 5.91 Å². The van der Waals surface area contributed by atoms with Crippen molar-refractivity contribution in [2.45, 2.75) is 32.2 Å². The third-order valence-electron chi connectivity index (χ3n) is 5.77. The monoisotopic (exact) mass is 328 g/mol. The van der Waals surface area contributed by atoms with E-state index in [-0.39, 0.29) is 5.91 Å². The third-order valence-corrected chi connectivity index (χ3v) is 5.77. The van der Waals surface area contributed by atoms with E-state index in [0.717, 1.165) is 51.3 Å². The van der Waals surface area contributed by atoms with Gasteiger partial charge < -0.3 is 9.64 Å². The first-order valence-corrected chi connectivity index (χ1v) is 8.91. The SMILES string of the molecule is C=CC(=O)N1CCC2(CCN(Cc3cccc(OC)c3)CC2)CC1. The van der Waals surface area contributed by atoms with Crippen LogP contribution in [0.2, 0.25) is 0 Å². The highest BCUT2D eigenvalue weighted by Crippen LogP contribution is 2.41. The summed E-state index contributed by atoms with van der Waals surface area (Å²) < 4.78 is 5.31. The topological polar surface area (TPSA) is 32.8 Å². The second kappa shape index (κ2) is 7.39. The molecule has 0 atom stereocenters. The van der Waals surface area contributed by atoms with Crippen LogP contribution in [0.25, 0.3) is 0 Å². The molecule has 0 radical (unpaired) electrons. The summed E-state index contributed by atoms with van der Waals surface area (Å²) in [7, 11) is 1.72. The van der Waals surface area contributed by atoms with E-state index in [2.05, 4.69) is 29.7 Å². The first kappa shape index (κ1) is 17.0. The standard InChI is InChI=1S/C20H28N2O2/c1-3-19(23)22-13-9-20(10-14-22)7-11-21(12-8-20)16-17-5-4-6-18(15-17)24-2/h3-6,15H,1,7-14,16H2,2H3. The number of piperidine rings is 2. The van der Waals surface area contributed by atoms with Crippen LogP contribution < -0.4 is 4.74 Å². The van der Waals surface area contributed by atoms with Crippen molar-refractivity contribution in [1.82, 2.24) is 9.80 Å². The molecule has 0 aliphatic carbocycles. The van der Waals surface area contributed by atoms with Crippen LogP contribution in [-0.2, 0) is 11.3 Å². The molecular formula is C20H28N2O2. The Balaban J connectivity index is 1.51. The fourth-order valence-corrected chi connectivity index (χ4v) is 4.05. The van der Waals surface area contributed by atoms with Crippen molar-refractivity contribution in [1.29, 1.82) is 0 Å². The summed E-state index contributed by atoms with van der Waals surface area (Å²) in [5, 5.41) is 0. The molecule has 0 N–H and O–H groups in total. The number of likely N-dealkylation sites (tertiary alicyclic amines) is 2. The van der Waals surface area contributed by atoms with Crippen molar-refractivity contribution in [3.8, 4) is 5.75 Å². The van der Waals surface area contributed by atoms with Gasteiger partial charge >= 0.3 is 0 Å². The van der Waals surface area contributed by atoms with Gasteiger partial charge in [0, 0.05) is 19.6 Å². The highest BCUT2D eigenvalue weighted by atomic mass is 16.5. The summed E-state index contributed by atoms with van der Waals surface area (Å²) >= 11 is 0. The highest BCUT2D eigenvalue weighted by Gasteiger charge is 2.38. The molecule has 1 aromatic carbocycles. The number of benzene rings is 1. The van der Waals surface area contributed by atoms with Crippen molar-refractivity contribution in [3.63, 3.8) is 0 Å². The van der Waals surface area contributed by atoms with Crippen LogP contribution in [0.1, 0.15) is 31.2 Å². The Hall–Kier alpha value is -1.81. The minimum absolute atomic E-state index is 0.0836. The molecule has 130 valence electrons. The fraction of sp³-hybridized carbons (Fsp3) is 0.550. The van der Waals surface area contributed by atoms with Gasteiger partial charge in [-0.05, 0) is 68.0 Å². The lowest BCUT2D eigenvalue weighted by atomic mass is 9.71. The van der Waals surface area contributed by atoms with E-state index in [1.807, 2.05) is 11.0 Å². The number of ether oxygens (including phenoxy) is 1. The zero-order chi connectivity index (χ0) is 17.0. The average molecular weight is 328 g/mol. The zero-order valence-electron chi connectivity index (χ0n) is 14.7. The quantitative estimate of drug-likeness (QED) is 0.796. The second-order valence-corrected chi connectivity index (χ2v) is 7.16. The molecule has 24 heavy (non-hydrogen) atoms. The Bertz CT molecular complexity index is 581. The summed E-state index contributed by atoms with van der Waals surface area (Å²) in [6.07, 6.45) is 6.20. The first-order valence-electron chi connectivity index (χ1n) is 8.91. The van der Waals surface area contributed by atoms with Crippen LogP contribution in [0.5, 0.6) is 5.75 Å². The maximum absolute atomic E-state index is 11.7. The van der Waals surface area contributed by atoms with Gasteiger partial charge in [-0.2, -0.15) is 0 Å². The highest BCUT2D eigenvalue weighted by molar-refractivity contribution is 5.87. The molecular weight excluding hydrogens is 300 g/mol. The lowest BCUT2D eigenvalue weighted by molar-refractivity contribution is -0.128. The van der Waals surface area contributed by atoms with Gasteiger partial charge in [0.1, 0.15) is 5.75 Å². The summed E-state index contributed by atoms with van der Waals surface area (Å²) in [4.78, 5) is 16.2. The van der Waals surface area contributed by atoms with Crippen molar-refractivity contribution < 1.29 is 9.53 Å². The second-order valence-electron chi connectivity index (χ2n) is 7.16. The molecule has 0 aromatic heterocycles. The van der Waals surface area contributed by atoms with E-state index in [1.165, 1.54) is 24.5 Å². The Morgan fingerprint density at radius 1 is 1.21 bits per heavy atom. The van der Waals surface area contributed by atoms with Crippen molar-refractivity contribution in [2.24, 2.45) is 5.41 Å². The summed E-state index contributed by atoms with van der Waals surface area (Å²) in [5.74, 6) is 1.01. The van der Waals surface area contributed by atoms with Gasteiger partial charge in [-0.1, -0.05) is 18.7 Å². The maximum atomic E-state index is 11.7. The average Bonchev–Trinajstić information content (AvgIpc) is 2.64. The Morgan fingerprint density at radius 2 is 1.88 bits per heavy atom. The molecule has 2 aliphatic rings. The Morgan fingerprint density at radius 3 is 2.50 bits per heavy atom. The van der Waals surface area contributed by atoms with Gasteiger partial charge in [-0.25, -0.2) is 0 Å². The molecule has 4 nitrogen and oxygen atoms in total. The number of methoxy groups -OCH3 is 1. The molecule has 0 bridgehead atoms. The van der Waals surface area contributed by atoms with E-state index >= 15 is 0 Å². The number of rotatable bonds is 4. The lowest BCUT2D eigenvalue weighted by Gasteiger charge is -2.46. The van der Waals surface area contributed by atoms with E-state index in [4.69, 9.17) is 4.74 Å². The predicted octanol–water partition coefficient (Wildman–Crippen LogP) is 3.09. The molecule has 0 saturated carbocycles. The van der Waals surface area contributed by atoms with Gasteiger partial charge in [0.15, 0.2) is 0 Å². The smallest absolute Gasteiger partial charge is 0.245 e. The third kappa shape index (κ3) is 3.81. The lowest BCUT2D eigenvalue weighted by Crippen LogP contribution is -2.47. The number of hydrogen-bond donors (Lipinski definition) is 0. The largest absolute Gasteiger partial charge is 0.497 e. The molecule has 3 rings (SSSR count). The van der Waals surface area contributed by atoms with E-state index in [1.54, 1.807) is 7.11 Å². The molecule has 2 saturated heterocycles. The van der Waals surface area contributed by atoms with Gasteiger partial charge in [0.25, 0.3) is 0 Å². The number of amides is 1. The Kier molecular flexibility index (Phi) is 5.24. The zero-order valence-corrected chi connectivity index (χ0v) is 14.7. The van der Waals surface area contributed by atoms with Crippen LogP contribution in [0.15, 0.2) is 36.9 Å². The Labute approximate surface area is 145 Å². The van der Waals surface area contributed by atoms with E-state index in [0.29, 0.717) is 5.41 Å². The molecule has 4 heteroatoms. The van der Waals surface area contributed by atoms with Crippen molar-refractivity contribution in [2.75, 3.05) is 33.3 Å². The number of nitrogens with zero attached hydrogens (tertiary/aromatic N) is 2. The number of carbonyl (C=O) groups excluding carboxylic acids is 1.